The van der Waals surface area contributed by atoms with Crippen LogP contribution in [0, 0.1) is 0 Å². The monoisotopic (exact) mass is 158 g/mol. The van der Waals surface area contributed by atoms with Crippen LogP contribution in [0.2, 0.25) is 0 Å². The van der Waals surface area contributed by atoms with Gasteiger partial charge in [-0.1, -0.05) is 6.92 Å². The minimum Gasteiger partial charge on any atom is -0.356 e. The predicted molar refractivity (Wildman–Crippen MR) is 41.0 cm³/mol. The van der Waals surface area contributed by atoms with Crippen molar-refractivity contribution in [1.29, 1.82) is 0 Å². The first-order valence-electron chi connectivity index (χ1n) is 3.94. The first-order valence-corrected chi connectivity index (χ1v) is 3.94. The molecular weight excluding hydrogens is 144 g/mol. The molecule has 0 spiro atoms. The fourth-order valence-corrected chi connectivity index (χ4v) is 0.940. The van der Waals surface area contributed by atoms with Crippen LogP contribution in [0.15, 0.2) is 0 Å². The van der Waals surface area contributed by atoms with E-state index < -0.39 is 0 Å². The molecule has 11 heavy (non-hydrogen) atoms. The van der Waals surface area contributed by atoms with Crippen LogP contribution < -0.4 is 10.6 Å². The maximum atomic E-state index is 10.9. The van der Waals surface area contributed by atoms with Gasteiger partial charge in [0, 0.05) is 19.5 Å². The zero-order valence-electron chi connectivity index (χ0n) is 6.72. The molecule has 1 aliphatic heterocycles. The van der Waals surface area contributed by atoms with Crippen LogP contribution in [0.25, 0.3) is 0 Å². The van der Waals surface area contributed by atoms with Gasteiger partial charge in [-0.25, -0.2) is 0 Å². The third-order valence-electron chi connectivity index (χ3n) is 1.57. The molecule has 1 saturated heterocycles. The van der Waals surface area contributed by atoms with Crippen molar-refractivity contribution >= 4 is 5.91 Å². The maximum absolute atomic E-state index is 10.9. The van der Waals surface area contributed by atoms with Crippen LogP contribution in [0.4, 0.5) is 0 Å². The molecule has 0 saturated carbocycles. The SMILES string of the molecule is CCC(=O)NC1CNCCO1. The number of hydrogen-bond donors (Lipinski definition) is 2. The lowest BCUT2D eigenvalue weighted by Crippen LogP contribution is -2.48. The zero-order valence-corrected chi connectivity index (χ0v) is 6.72. The van der Waals surface area contributed by atoms with Crippen LogP contribution in [0.3, 0.4) is 0 Å². The van der Waals surface area contributed by atoms with Crippen molar-refractivity contribution in [2.24, 2.45) is 0 Å². The second-order valence-electron chi connectivity index (χ2n) is 2.48. The van der Waals surface area contributed by atoms with E-state index in [1.54, 1.807) is 0 Å². The van der Waals surface area contributed by atoms with Gasteiger partial charge in [0.05, 0.1) is 6.61 Å². The lowest BCUT2D eigenvalue weighted by molar-refractivity contribution is -0.125. The summed E-state index contributed by atoms with van der Waals surface area (Å²) in [5, 5.41) is 5.87. The Morgan fingerprint density at radius 1 is 1.82 bits per heavy atom. The fraction of sp³-hybridized carbons (Fsp3) is 0.857. The number of morpholine rings is 1. The number of hydrogen-bond acceptors (Lipinski definition) is 3. The van der Waals surface area contributed by atoms with Gasteiger partial charge in [0.15, 0.2) is 0 Å². The predicted octanol–water partition coefficient (Wildman–Crippen LogP) is -0.541. The zero-order chi connectivity index (χ0) is 8.10. The lowest BCUT2D eigenvalue weighted by atomic mass is 10.4. The van der Waals surface area contributed by atoms with Crippen molar-refractivity contribution in [3.63, 3.8) is 0 Å². The summed E-state index contributed by atoms with van der Waals surface area (Å²) in [4.78, 5) is 10.9. The molecule has 1 rings (SSSR count). The Kier molecular flexibility index (Phi) is 3.32. The minimum absolute atomic E-state index is 0.0405. The molecule has 0 aromatic carbocycles. The first kappa shape index (κ1) is 8.49. The van der Waals surface area contributed by atoms with Gasteiger partial charge in [-0.2, -0.15) is 0 Å². The van der Waals surface area contributed by atoms with Gasteiger partial charge < -0.3 is 15.4 Å². The Labute approximate surface area is 66.3 Å². The summed E-state index contributed by atoms with van der Waals surface area (Å²) < 4.78 is 5.26. The van der Waals surface area contributed by atoms with Crippen molar-refractivity contribution in [2.75, 3.05) is 19.7 Å². The van der Waals surface area contributed by atoms with E-state index in [2.05, 4.69) is 10.6 Å². The highest BCUT2D eigenvalue weighted by atomic mass is 16.5. The second-order valence-corrected chi connectivity index (χ2v) is 2.48. The van der Waals surface area contributed by atoms with Crippen molar-refractivity contribution in [2.45, 2.75) is 19.6 Å². The molecule has 1 unspecified atom stereocenters. The van der Waals surface area contributed by atoms with E-state index in [1.165, 1.54) is 0 Å². The normalized spacial score (nSPS) is 24.6. The summed E-state index contributed by atoms with van der Waals surface area (Å²) in [6.07, 6.45) is 0.385. The van der Waals surface area contributed by atoms with E-state index in [-0.39, 0.29) is 12.1 Å². The number of rotatable bonds is 2. The third-order valence-corrected chi connectivity index (χ3v) is 1.57. The summed E-state index contributed by atoms with van der Waals surface area (Å²) in [5.41, 5.74) is 0. The van der Waals surface area contributed by atoms with Gasteiger partial charge in [0.25, 0.3) is 0 Å². The van der Waals surface area contributed by atoms with Crippen LogP contribution in [0.1, 0.15) is 13.3 Å². The Morgan fingerprint density at radius 3 is 3.18 bits per heavy atom. The van der Waals surface area contributed by atoms with Gasteiger partial charge in [-0.05, 0) is 0 Å². The smallest absolute Gasteiger partial charge is 0.221 e. The molecule has 1 fully saturated rings. The molecule has 64 valence electrons. The van der Waals surface area contributed by atoms with E-state index in [0.717, 1.165) is 6.54 Å². The number of ether oxygens (including phenoxy) is 1. The van der Waals surface area contributed by atoms with Crippen LogP contribution >= 0.6 is 0 Å². The molecule has 0 aromatic heterocycles. The van der Waals surface area contributed by atoms with E-state index in [0.29, 0.717) is 19.6 Å². The topological polar surface area (TPSA) is 50.4 Å². The van der Waals surface area contributed by atoms with E-state index in [4.69, 9.17) is 4.74 Å². The average Bonchev–Trinajstić information content (AvgIpc) is 2.06. The van der Waals surface area contributed by atoms with Crippen LogP contribution in [0.5, 0.6) is 0 Å². The molecule has 2 N–H and O–H groups in total. The molecule has 1 atom stereocenters. The van der Waals surface area contributed by atoms with Crippen molar-refractivity contribution in [1.82, 2.24) is 10.6 Å². The Morgan fingerprint density at radius 2 is 2.64 bits per heavy atom. The highest BCUT2D eigenvalue weighted by Crippen LogP contribution is 1.91. The molecule has 0 bridgehead atoms. The maximum Gasteiger partial charge on any atom is 0.221 e. The van der Waals surface area contributed by atoms with Crippen LogP contribution in [-0.2, 0) is 9.53 Å². The highest BCUT2D eigenvalue weighted by Gasteiger charge is 2.13. The van der Waals surface area contributed by atoms with Crippen molar-refractivity contribution in [3.05, 3.63) is 0 Å². The molecule has 4 heteroatoms. The lowest BCUT2D eigenvalue weighted by Gasteiger charge is -2.24. The van der Waals surface area contributed by atoms with Crippen molar-refractivity contribution < 1.29 is 9.53 Å². The highest BCUT2D eigenvalue weighted by molar-refractivity contribution is 5.75. The molecule has 0 aromatic rings. The summed E-state index contributed by atoms with van der Waals surface area (Å²) in [6.45, 7) is 4.09. The molecule has 4 nitrogen and oxygen atoms in total. The van der Waals surface area contributed by atoms with E-state index in [9.17, 15) is 4.79 Å². The number of amides is 1. The minimum atomic E-state index is -0.129. The van der Waals surface area contributed by atoms with Crippen molar-refractivity contribution in [3.8, 4) is 0 Å². The Hall–Kier alpha value is -0.610. The first-order chi connectivity index (χ1) is 5.33. The van der Waals surface area contributed by atoms with Gasteiger partial charge >= 0.3 is 0 Å². The average molecular weight is 158 g/mol. The van der Waals surface area contributed by atoms with Gasteiger partial charge in [0.1, 0.15) is 6.23 Å². The summed E-state index contributed by atoms with van der Waals surface area (Å²) >= 11 is 0. The number of carbonyl (C=O) groups excluding carboxylic acids is 1. The third kappa shape index (κ3) is 2.86. The summed E-state index contributed by atoms with van der Waals surface area (Å²) in [5.74, 6) is 0.0405. The van der Waals surface area contributed by atoms with Crippen LogP contribution in [-0.4, -0.2) is 31.8 Å². The largest absolute Gasteiger partial charge is 0.356 e. The van der Waals surface area contributed by atoms with Gasteiger partial charge in [0.2, 0.25) is 5.91 Å². The molecule has 1 aliphatic rings. The molecule has 1 amide bonds. The summed E-state index contributed by atoms with van der Waals surface area (Å²) in [7, 11) is 0. The molecule has 0 aliphatic carbocycles. The second kappa shape index (κ2) is 4.31. The molecular formula is C7H14N2O2. The molecule has 0 radical (unpaired) electrons. The quantitative estimate of drug-likeness (QED) is 0.567. The van der Waals surface area contributed by atoms with Gasteiger partial charge in [-0.15, -0.1) is 0 Å². The fourth-order valence-electron chi connectivity index (χ4n) is 0.940. The number of nitrogens with one attached hydrogen (secondary N) is 2. The van der Waals surface area contributed by atoms with Gasteiger partial charge in [-0.3, -0.25) is 4.79 Å². The Bertz CT molecular complexity index is 132. The van der Waals surface area contributed by atoms with E-state index >= 15 is 0 Å². The number of carbonyl (C=O) groups is 1. The Balaban J connectivity index is 2.19. The standard InChI is InChI=1S/C7H14N2O2/c1-2-6(10)9-7-5-8-3-4-11-7/h7-8H,2-5H2,1H3,(H,9,10). The summed E-state index contributed by atoms with van der Waals surface area (Å²) in [6, 6.07) is 0. The molecule has 1 heterocycles. The van der Waals surface area contributed by atoms with E-state index in [1.807, 2.05) is 6.92 Å².